The maximum Gasteiger partial charge on any atom is 0.147 e. The van der Waals surface area contributed by atoms with Gasteiger partial charge in [0.25, 0.3) is 0 Å². The molecule has 0 atom stereocenters. The molecule has 0 aromatic heterocycles. The highest BCUT2D eigenvalue weighted by molar-refractivity contribution is 5.44. The summed E-state index contributed by atoms with van der Waals surface area (Å²) >= 11 is 0. The van der Waals surface area contributed by atoms with Crippen LogP contribution >= 0.6 is 0 Å². The lowest BCUT2D eigenvalue weighted by Crippen LogP contribution is -1.26. The highest BCUT2D eigenvalue weighted by Gasteiger charge is 1.31. The topological polar surface area (TPSA) is 23.9 Å². The molecule has 0 spiro atoms. The fourth-order valence-corrected chi connectivity index (χ4v) is 0. The van der Waals surface area contributed by atoms with Crippen LogP contribution in [-0.2, 0) is 0 Å². The molecule has 0 bridgehead atoms. The average molecular weight is 59.0 g/mol. The van der Waals surface area contributed by atoms with Crippen LogP contribution in [0.2, 0.25) is 0 Å². The van der Waals surface area contributed by atoms with Crippen LogP contribution in [0.4, 0.5) is 4.39 Å². The van der Waals surface area contributed by atoms with E-state index in [4.69, 9.17) is 5.41 Å². The number of hydrogen-bond donors (Lipinski definition) is 1. The second-order valence-electron chi connectivity index (χ2n) is 0.253. The van der Waals surface area contributed by atoms with Crippen LogP contribution in [0.3, 0.4) is 0 Å². The second-order valence-corrected chi connectivity index (χ2v) is 0.253. The van der Waals surface area contributed by atoms with Crippen molar-refractivity contribution in [1.82, 2.24) is 0 Å². The molecular weight excluding hydrogens is 57.0 g/mol. The standard InChI is InChI=1S/C2H2FN/c3-1-2-4/h1,4H. The number of nitrogens with one attached hydrogen (secondary N) is 1. The highest BCUT2D eigenvalue weighted by Crippen LogP contribution is 1.47. The van der Waals surface area contributed by atoms with Crippen molar-refractivity contribution in [1.29, 1.82) is 5.41 Å². The summed E-state index contributed by atoms with van der Waals surface area (Å²) in [5.41, 5.74) is 0. The molecule has 0 radical (unpaired) electrons. The van der Waals surface area contributed by atoms with Crippen LogP contribution in [0.5, 0.6) is 0 Å². The molecule has 0 saturated carbocycles. The molecule has 0 saturated heterocycles. The third-order valence-electron chi connectivity index (χ3n) is 0.0546. The van der Waals surface area contributed by atoms with E-state index in [2.05, 4.69) is 0 Å². The number of rotatable bonds is 0. The van der Waals surface area contributed by atoms with Gasteiger partial charge in [0.1, 0.15) is 6.33 Å². The van der Waals surface area contributed by atoms with Crippen LogP contribution in [0.25, 0.3) is 0 Å². The van der Waals surface area contributed by atoms with Gasteiger partial charge in [0, 0.05) is 5.87 Å². The van der Waals surface area contributed by atoms with Gasteiger partial charge in [0.15, 0.2) is 0 Å². The number of halogens is 1. The molecule has 0 aromatic rings. The van der Waals surface area contributed by atoms with Crippen LogP contribution in [0.15, 0.2) is 6.33 Å². The van der Waals surface area contributed by atoms with Gasteiger partial charge in [0.2, 0.25) is 0 Å². The van der Waals surface area contributed by atoms with Gasteiger partial charge in [-0.3, -0.25) is 5.41 Å². The van der Waals surface area contributed by atoms with Gasteiger partial charge in [0.05, 0.1) is 0 Å². The van der Waals surface area contributed by atoms with E-state index in [0.29, 0.717) is 0 Å². The molecule has 1 N–H and O–H groups in total. The molecule has 0 aliphatic carbocycles. The van der Waals surface area contributed by atoms with E-state index >= 15 is 0 Å². The maximum atomic E-state index is 10.3. The molecule has 0 aliphatic heterocycles. The third-order valence-corrected chi connectivity index (χ3v) is 0.0546. The van der Waals surface area contributed by atoms with E-state index in [1.54, 1.807) is 0 Å². The Bertz CT molecular complexity index is 44.0. The lowest BCUT2D eigenvalue weighted by molar-refractivity contribution is 0.731. The smallest absolute Gasteiger partial charge is 0.147 e. The molecule has 0 aromatic carbocycles. The predicted molar refractivity (Wildman–Crippen MR) is 13.4 cm³/mol. The monoisotopic (exact) mass is 59.0 g/mol. The normalized spacial score (nSPS) is 4.25. The lowest BCUT2D eigenvalue weighted by Gasteiger charge is -1.32. The Morgan fingerprint density at radius 1 is 2.00 bits per heavy atom. The van der Waals surface area contributed by atoms with E-state index in [1.807, 2.05) is 0 Å². The van der Waals surface area contributed by atoms with E-state index in [-0.39, 0.29) is 6.33 Å². The van der Waals surface area contributed by atoms with Crippen molar-refractivity contribution >= 4 is 5.87 Å². The van der Waals surface area contributed by atoms with Crippen LogP contribution in [0, 0.1) is 5.41 Å². The molecule has 4 heavy (non-hydrogen) atoms. The molecule has 2 heteroatoms. The van der Waals surface area contributed by atoms with E-state index in [9.17, 15) is 4.39 Å². The zero-order valence-electron chi connectivity index (χ0n) is 1.96. The van der Waals surface area contributed by atoms with Crippen LogP contribution in [0.1, 0.15) is 0 Å². The molecule has 0 rings (SSSR count). The van der Waals surface area contributed by atoms with E-state index < -0.39 is 0 Å². The van der Waals surface area contributed by atoms with Gasteiger partial charge in [-0.2, -0.15) is 0 Å². The maximum absolute atomic E-state index is 10.3. The van der Waals surface area contributed by atoms with Crippen LogP contribution < -0.4 is 0 Å². The van der Waals surface area contributed by atoms with Crippen LogP contribution in [-0.4, -0.2) is 5.87 Å². The molecule has 0 unspecified atom stereocenters. The predicted octanol–water partition coefficient (Wildman–Crippen LogP) is 0.718. The summed E-state index contributed by atoms with van der Waals surface area (Å²) in [4.78, 5) is 0. The molecular formula is C2H2FN. The van der Waals surface area contributed by atoms with Crippen molar-refractivity contribution in [3.8, 4) is 0 Å². The van der Waals surface area contributed by atoms with Crippen molar-refractivity contribution in [3.63, 3.8) is 0 Å². The van der Waals surface area contributed by atoms with Gasteiger partial charge in [-0.1, -0.05) is 0 Å². The second kappa shape index (κ2) is 2.38. The molecule has 22 valence electrons. The van der Waals surface area contributed by atoms with Crippen molar-refractivity contribution in [2.75, 3.05) is 0 Å². The van der Waals surface area contributed by atoms with Gasteiger partial charge in [-0.15, -0.1) is 0 Å². The first kappa shape index (κ1) is 3.38. The Morgan fingerprint density at radius 3 is 2.25 bits per heavy atom. The summed E-state index contributed by atoms with van der Waals surface area (Å²) in [6.45, 7) is 0. The first-order valence-electron chi connectivity index (χ1n) is 0.757. The fraction of sp³-hybridized carbons (Fsp3) is 0. The highest BCUT2D eigenvalue weighted by atomic mass is 19.1. The molecule has 0 amide bonds. The summed E-state index contributed by atoms with van der Waals surface area (Å²) < 4.78 is 10.3. The summed E-state index contributed by atoms with van der Waals surface area (Å²) in [6.07, 6.45) is 0.0417. The SMILES string of the molecule is N=C=CF. The van der Waals surface area contributed by atoms with Crippen molar-refractivity contribution in [2.24, 2.45) is 0 Å². The Kier molecular flexibility index (Phi) is 2.01. The van der Waals surface area contributed by atoms with E-state index in [0.717, 1.165) is 0 Å². The zero-order chi connectivity index (χ0) is 3.41. The van der Waals surface area contributed by atoms with Crippen molar-refractivity contribution < 1.29 is 4.39 Å². The summed E-state index contributed by atoms with van der Waals surface area (Å²) in [6, 6.07) is 0. The summed E-state index contributed by atoms with van der Waals surface area (Å²) in [5.74, 6) is 1.39. The minimum absolute atomic E-state index is 0.0417. The largest absolute Gasteiger partial charge is 0.257 e. The number of hydrogen-bond acceptors (Lipinski definition) is 1. The first-order valence-corrected chi connectivity index (χ1v) is 0.757. The quantitative estimate of drug-likeness (QED) is 0.397. The fourth-order valence-electron chi connectivity index (χ4n) is 0. The third kappa shape index (κ3) is 1.38. The minimum Gasteiger partial charge on any atom is -0.257 e. The molecule has 0 heterocycles. The summed E-state index contributed by atoms with van der Waals surface area (Å²) in [5, 5.41) is 5.77. The first-order chi connectivity index (χ1) is 1.91. The van der Waals surface area contributed by atoms with Gasteiger partial charge < -0.3 is 0 Å². The van der Waals surface area contributed by atoms with Gasteiger partial charge >= 0.3 is 0 Å². The van der Waals surface area contributed by atoms with E-state index in [1.165, 1.54) is 5.87 Å². The van der Waals surface area contributed by atoms with Gasteiger partial charge in [-0.05, 0) is 0 Å². The lowest BCUT2D eigenvalue weighted by atomic mass is 11.2. The average Bonchev–Trinajstić information content (AvgIpc) is 1.37. The van der Waals surface area contributed by atoms with Crippen molar-refractivity contribution in [3.05, 3.63) is 6.33 Å². The Hall–Kier alpha value is -0.620. The van der Waals surface area contributed by atoms with Crippen molar-refractivity contribution in [2.45, 2.75) is 0 Å². The summed E-state index contributed by atoms with van der Waals surface area (Å²) in [7, 11) is 0. The zero-order valence-corrected chi connectivity index (χ0v) is 1.96. The molecule has 0 fully saturated rings. The minimum atomic E-state index is 0.0417. The molecule has 0 aliphatic rings. The Balaban J connectivity index is 3.11. The Labute approximate surface area is 23.3 Å². The molecule has 1 nitrogen and oxygen atoms in total. The Morgan fingerprint density at radius 2 is 2.25 bits per heavy atom. The van der Waals surface area contributed by atoms with Gasteiger partial charge in [-0.25, -0.2) is 4.39 Å².